The van der Waals surface area contributed by atoms with E-state index in [1.165, 1.54) is 6.92 Å². The molecule has 0 unspecified atom stereocenters. The minimum absolute atomic E-state index is 0.123. The Hall–Kier alpha value is -1.15. The summed E-state index contributed by atoms with van der Waals surface area (Å²) in [5.74, 6) is -0.123. The maximum atomic E-state index is 11.1. The smallest absolute Gasteiger partial charge is 0.160 e. The highest BCUT2D eigenvalue weighted by molar-refractivity contribution is 6.32. The van der Waals surface area contributed by atoms with Gasteiger partial charge in [-0.25, -0.2) is 0 Å². The summed E-state index contributed by atoms with van der Waals surface area (Å²) < 4.78 is 0. The third-order valence-corrected chi connectivity index (χ3v) is 2.36. The van der Waals surface area contributed by atoms with Crippen molar-refractivity contribution in [2.45, 2.75) is 13.8 Å². The van der Waals surface area contributed by atoms with Gasteiger partial charge in [0, 0.05) is 16.1 Å². The SMILES string of the molecule is CC(=O)c1ccc(Cl)c(C)c1C=O. The first-order valence-electron chi connectivity index (χ1n) is 3.83. The van der Waals surface area contributed by atoms with E-state index in [0.717, 1.165) is 0 Å². The van der Waals surface area contributed by atoms with Crippen LogP contribution in [0, 0.1) is 6.92 Å². The van der Waals surface area contributed by atoms with E-state index in [1.807, 2.05) is 0 Å². The molecule has 0 saturated carbocycles. The number of Topliss-reactive ketones (excluding diaryl/α,β-unsaturated/α-hetero) is 1. The fourth-order valence-electron chi connectivity index (χ4n) is 1.16. The Morgan fingerprint density at radius 3 is 2.54 bits per heavy atom. The predicted molar refractivity (Wildman–Crippen MR) is 51.6 cm³/mol. The summed E-state index contributed by atoms with van der Waals surface area (Å²) in [6, 6.07) is 3.20. The van der Waals surface area contributed by atoms with Crippen molar-refractivity contribution in [3.63, 3.8) is 0 Å². The average Bonchev–Trinajstić information content (AvgIpc) is 2.09. The highest BCUT2D eigenvalue weighted by Gasteiger charge is 2.10. The number of carbonyl (C=O) groups is 2. The van der Waals surface area contributed by atoms with Gasteiger partial charge in [0.2, 0.25) is 0 Å². The first-order valence-corrected chi connectivity index (χ1v) is 4.21. The van der Waals surface area contributed by atoms with Crippen LogP contribution in [0.25, 0.3) is 0 Å². The van der Waals surface area contributed by atoms with Gasteiger partial charge in [-0.15, -0.1) is 0 Å². The number of halogens is 1. The lowest BCUT2D eigenvalue weighted by atomic mass is 10.0. The molecule has 0 radical (unpaired) electrons. The van der Waals surface area contributed by atoms with Crippen molar-refractivity contribution < 1.29 is 9.59 Å². The molecule has 1 rings (SSSR count). The Balaban J connectivity index is 3.47. The molecule has 0 amide bonds. The lowest BCUT2D eigenvalue weighted by molar-refractivity contribution is 0.100. The van der Waals surface area contributed by atoms with Gasteiger partial charge in [-0.2, -0.15) is 0 Å². The molecule has 1 aromatic carbocycles. The summed E-state index contributed by atoms with van der Waals surface area (Å²) in [5.41, 5.74) is 1.47. The largest absolute Gasteiger partial charge is 0.298 e. The number of aldehydes is 1. The zero-order valence-electron chi connectivity index (χ0n) is 7.43. The van der Waals surface area contributed by atoms with Crippen LogP contribution in [-0.4, -0.2) is 12.1 Å². The molecule has 2 nitrogen and oxygen atoms in total. The van der Waals surface area contributed by atoms with Crippen molar-refractivity contribution >= 4 is 23.7 Å². The molecular weight excluding hydrogens is 188 g/mol. The Bertz CT molecular complexity index is 369. The van der Waals surface area contributed by atoms with E-state index < -0.39 is 0 Å². The van der Waals surface area contributed by atoms with Crippen LogP contribution in [0.15, 0.2) is 12.1 Å². The van der Waals surface area contributed by atoms with Crippen LogP contribution in [0.3, 0.4) is 0 Å². The van der Waals surface area contributed by atoms with E-state index in [4.69, 9.17) is 11.6 Å². The van der Waals surface area contributed by atoms with Crippen molar-refractivity contribution in [3.8, 4) is 0 Å². The minimum atomic E-state index is -0.123. The number of ketones is 1. The highest BCUT2D eigenvalue weighted by atomic mass is 35.5. The number of benzene rings is 1. The average molecular weight is 197 g/mol. The summed E-state index contributed by atoms with van der Waals surface area (Å²) in [4.78, 5) is 21.8. The van der Waals surface area contributed by atoms with Gasteiger partial charge in [-0.05, 0) is 31.5 Å². The third-order valence-electron chi connectivity index (χ3n) is 1.95. The molecule has 1 aromatic rings. The lowest BCUT2D eigenvalue weighted by Gasteiger charge is -2.05. The van der Waals surface area contributed by atoms with Gasteiger partial charge in [0.1, 0.15) is 0 Å². The fraction of sp³-hybridized carbons (Fsp3) is 0.200. The monoisotopic (exact) mass is 196 g/mol. The van der Waals surface area contributed by atoms with E-state index in [1.54, 1.807) is 19.1 Å². The van der Waals surface area contributed by atoms with E-state index in [0.29, 0.717) is 28.0 Å². The molecule has 0 bridgehead atoms. The minimum Gasteiger partial charge on any atom is -0.298 e. The summed E-state index contributed by atoms with van der Waals surface area (Å²) >= 11 is 5.80. The first-order chi connectivity index (χ1) is 6.07. The van der Waals surface area contributed by atoms with Gasteiger partial charge < -0.3 is 0 Å². The Labute approximate surface area is 81.5 Å². The van der Waals surface area contributed by atoms with Gasteiger partial charge in [-0.3, -0.25) is 9.59 Å². The summed E-state index contributed by atoms with van der Waals surface area (Å²) in [7, 11) is 0. The second kappa shape index (κ2) is 3.71. The Kier molecular flexibility index (Phi) is 2.83. The van der Waals surface area contributed by atoms with Gasteiger partial charge in [0.05, 0.1) is 0 Å². The van der Waals surface area contributed by atoms with Crippen molar-refractivity contribution in [3.05, 3.63) is 33.8 Å². The maximum Gasteiger partial charge on any atom is 0.160 e. The topological polar surface area (TPSA) is 34.1 Å². The normalized spacial score (nSPS) is 9.77. The van der Waals surface area contributed by atoms with E-state index in [9.17, 15) is 9.59 Å². The molecule has 13 heavy (non-hydrogen) atoms. The van der Waals surface area contributed by atoms with Crippen LogP contribution in [0.2, 0.25) is 5.02 Å². The van der Waals surface area contributed by atoms with E-state index >= 15 is 0 Å². The molecule has 0 saturated heterocycles. The van der Waals surface area contributed by atoms with E-state index in [2.05, 4.69) is 0 Å². The fourth-order valence-corrected chi connectivity index (χ4v) is 1.33. The molecule has 0 heterocycles. The van der Waals surface area contributed by atoms with Crippen molar-refractivity contribution in [2.75, 3.05) is 0 Å². The van der Waals surface area contributed by atoms with Crippen LogP contribution in [0.5, 0.6) is 0 Å². The van der Waals surface area contributed by atoms with Crippen molar-refractivity contribution in [1.29, 1.82) is 0 Å². The molecule has 0 atom stereocenters. The van der Waals surface area contributed by atoms with Crippen LogP contribution in [0.1, 0.15) is 33.2 Å². The molecule has 0 N–H and O–H groups in total. The molecule has 0 fully saturated rings. The molecule has 0 aliphatic carbocycles. The molecule has 0 spiro atoms. The number of carbonyl (C=O) groups excluding carboxylic acids is 2. The standard InChI is InChI=1S/C10H9ClO2/c1-6-9(5-12)8(7(2)13)3-4-10(6)11/h3-5H,1-2H3. The zero-order chi connectivity index (χ0) is 10.0. The molecular formula is C10H9ClO2. The Morgan fingerprint density at radius 2 is 2.08 bits per heavy atom. The van der Waals surface area contributed by atoms with Crippen molar-refractivity contribution in [1.82, 2.24) is 0 Å². The van der Waals surface area contributed by atoms with Gasteiger partial charge >= 0.3 is 0 Å². The van der Waals surface area contributed by atoms with Crippen molar-refractivity contribution in [2.24, 2.45) is 0 Å². The molecule has 0 aliphatic rings. The quantitative estimate of drug-likeness (QED) is 0.538. The van der Waals surface area contributed by atoms with Crippen LogP contribution < -0.4 is 0 Å². The number of rotatable bonds is 2. The Morgan fingerprint density at radius 1 is 1.46 bits per heavy atom. The summed E-state index contributed by atoms with van der Waals surface area (Å²) in [6.07, 6.45) is 0.665. The van der Waals surface area contributed by atoms with Crippen LogP contribution >= 0.6 is 11.6 Å². The highest BCUT2D eigenvalue weighted by Crippen LogP contribution is 2.21. The summed E-state index contributed by atoms with van der Waals surface area (Å²) in [6.45, 7) is 3.15. The van der Waals surface area contributed by atoms with Crippen LogP contribution in [-0.2, 0) is 0 Å². The predicted octanol–water partition coefficient (Wildman–Crippen LogP) is 2.66. The maximum absolute atomic E-state index is 11.1. The second-order valence-corrected chi connectivity index (χ2v) is 3.21. The number of hydrogen-bond acceptors (Lipinski definition) is 2. The van der Waals surface area contributed by atoms with E-state index in [-0.39, 0.29) is 5.78 Å². The molecule has 0 aliphatic heterocycles. The summed E-state index contributed by atoms with van der Waals surface area (Å²) in [5, 5.41) is 0.507. The van der Waals surface area contributed by atoms with Gasteiger partial charge in [0.15, 0.2) is 12.1 Å². The molecule has 68 valence electrons. The van der Waals surface area contributed by atoms with Crippen LogP contribution in [0.4, 0.5) is 0 Å². The number of hydrogen-bond donors (Lipinski definition) is 0. The molecule has 0 aromatic heterocycles. The third kappa shape index (κ3) is 1.78. The lowest BCUT2D eigenvalue weighted by Crippen LogP contribution is -2.01. The first kappa shape index (κ1) is 9.93. The van der Waals surface area contributed by atoms with Gasteiger partial charge in [-0.1, -0.05) is 11.6 Å². The zero-order valence-corrected chi connectivity index (χ0v) is 8.18. The second-order valence-electron chi connectivity index (χ2n) is 2.81. The van der Waals surface area contributed by atoms with Gasteiger partial charge in [0.25, 0.3) is 0 Å². The molecule has 3 heteroatoms.